The van der Waals surface area contributed by atoms with Crippen LogP contribution in [0, 0.1) is 0 Å². The molecule has 2 N–H and O–H groups in total. The molecule has 0 heterocycles. The second-order valence-corrected chi connectivity index (χ2v) is 3.24. The van der Waals surface area contributed by atoms with Gasteiger partial charge in [-0.2, -0.15) is 0 Å². The van der Waals surface area contributed by atoms with E-state index in [2.05, 4.69) is 15.9 Å². The molecule has 0 spiro atoms. The minimum Gasteiger partial charge on any atom is -0.319 e. The van der Waals surface area contributed by atoms with Crippen LogP contribution >= 0.6 is 28.3 Å². The summed E-state index contributed by atoms with van der Waals surface area (Å²) in [6.07, 6.45) is -2.52. The van der Waals surface area contributed by atoms with Crippen LogP contribution in [0.2, 0.25) is 0 Å². The maximum absolute atomic E-state index is 12.1. The Bertz CT molecular complexity index is 270. The van der Waals surface area contributed by atoms with Gasteiger partial charge in [0, 0.05) is 4.47 Å². The second-order valence-electron chi connectivity index (χ2n) is 2.38. The van der Waals surface area contributed by atoms with Gasteiger partial charge in [-0.15, -0.1) is 12.4 Å². The Kier molecular flexibility index (Phi) is 5.44. The van der Waals surface area contributed by atoms with E-state index in [1.54, 1.807) is 24.3 Å². The predicted molar refractivity (Wildman–Crippen MR) is 54.3 cm³/mol. The first kappa shape index (κ1) is 12.8. The zero-order chi connectivity index (χ0) is 9.14. The third-order valence-corrected chi connectivity index (χ3v) is 2.26. The molecule has 0 aliphatic heterocycles. The van der Waals surface area contributed by atoms with Gasteiger partial charge in [-0.25, -0.2) is 8.78 Å². The van der Waals surface area contributed by atoms with Crippen molar-refractivity contribution in [3.05, 3.63) is 34.3 Å². The maximum Gasteiger partial charge on any atom is 0.257 e. The van der Waals surface area contributed by atoms with Crippen molar-refractivity contribution in [1.29, 1.82) is 0 Å². The number of nitrogens with two attached hydrogens (primary N) is 1. The molecule has 5 heteroatoms. The van der Waals surface area contributed by atoms with E-state index < -0.39 is 12.5 Å². The van der Waals surface area contributed by atoms with E-state index in [1.165, 1.54) is 0 Å². The van der Waals surface area contributed by atoms with Crippen molar-refractivity contribution in [3.8, 4) is 0 Å². The molecule has 1 aromatic carbocycles. The molecule has 0 bridgehead atoms. The molecule has 0 aliphatic carbocycles. The first-order valence-corrected chi connectivity index (χ1v) is 4.20. The van der Waals surface area contributed by atoms with Crippen LogP contribution in [0.15, 0.2) is 28.7 Å². The lowest BCUT2D eigenvalue weighted by Crippen LogP contribution is -2.19. The Hall–Kier alpha value is -0.190. The third kappa shape index (κ3) is 3.21. The van der Waals surface area contributed by atoms with E-state index in [0.29, 0.717) is 10.0 Å². The van der Waals surface area contributed by atoms with E-state index in [4.69, 9.17) is 5.73 Å². The van der Waals surface area contributed by atoms with Crippen LogP contribution in [0.3, 0.4) is 0 Å². The van der Waals surface area contributed by atoms with E-state index in [0.717, 1.165) is 0 Å². The molecule has 0 aliphatic rings. The summed E-state index contributed by atoms with van der Waals surface area (Å²) in [4.78, 5) is 0. The van der Waals surface area contributed by atoms with Crippen LogP contribution in [0.1, 0.15) is 11.6 Å². The highest BCUT2D eigenvalue weighted by atomic mass is 79.9. The zero-order valence-corrected chi connectivity index (χ0v) is 8.99. The van der Waals surface area contributed by atoms with Gasteiger partial charge in [-0.1, -0.05) is 34.1 Å². The molecule has 1 rings (SSSR count). The molecule has 0 radical (unpaired) electrons. The average molecular weight is 273 g/mol. The number of benzene rings is 1. The number of halogens is 4. The van der Waals surface area contributed by atoms with Crippen molar-refractivity contribution in [2.75, 3.05) is 0 Å². The summed E-state index contributed by atoms with van der Waals surface area (Å²) in [7, 11) is 0. The van der Waals surface area contributed by atoms with E-state index in [9.17, 15) is 8.78 Å². The SMILES string of the molecule is Cl.N[C@@H](c1ccccc1Br)C(F)F. The lowest BCUT2D eigenvalue weighted by Gasteiger charge is -2.11. The van der Waals surface area contributed by atoms with Crippen molar-refractivity contribution in [1.82, 2.24) is 0 Å². The summed E-state index contributed by atoms with van der Waals surface area (Å²) in [5.74, 6) is 0. The Morgan fingerprint density at radius 3 is 2.23 bits per heavy atom. The van der Waals surface area contributed by atoms with Crippen molar-refractivity contribution < 1.29 is 8.78 Å². The van der Waals surface area contributed by atoms with Crippen molar-refractivity contribution in [3.63, 3.8) is 0 Å². The van der Waals surface area contributed by atoms with Gasteiger partial charge >= 0.3 is 0 Å². The maximum atomic E-state index is 12.1. The molecule has 0 saturated carbocycles. The van der Waals surface area contributed by atoms with Gasteiger partial charge in [0.2, 0.25) is 0 Å². The van der Waals surface area contributed by atoms with E-state index in [1.807, 2.05) is 0 Å². The Morgan fingerprint density at radius 2 is 1.77 bits per heavy atom. The number of alkyl halides is 2. The summed E-state index contributed by atoms with van der Waals surface area (Å²) in [6.45, 7) is 0. The summed E-state index contributed by atoms with van der Waals surface area (Å²) >= 11 is 3.15. The van der Waals surface area contributed by atoms with Gasteiger partial charge in [-0.05, 0) is 11.6 Å². The van der Waals surface area contributed by atoms with Gasteiger partial charge in [0.05, 0.1) is 6.04 Å². The van der Waals surface area contributed by atoms with Crippen LogP contribution < -0.4 is 5.73 Å². The first-order valence-electron chi connectivity index (χ1n) is 3.41. The monoisotopic (exact) mass is 271 g/mol. The molecular formula is C8H9BrClF2N. The molecular weight excluding hydrogens is 263 g/mol. The fourth-order valence-corrected chi connectivity index (χ4v) is 1.43. The fraction of sp³-hybridized carbons (Fsp3) is 0.250. The third-order valence-electron chi connectivity index (χ3n) is 1.54. The lowest BCUT2D eigenvalue weighted by atomic mass is 10.1. The molecule has 0 aromatic heterocycles. The molecule has 1 nitrogen and oxygen atoms in total. The van der Waals surface area contributed by atoms with E-state index in [-0.39, 0.29) is 12.4 Å². The van der Waals surface area contributed by atoms with Crippen molar-refractivity contribution in [2.45, 2.75) is 12.5 Å². The quantitative estimate of drug-likeness (QED) is 0.879. The summed E-state index contributed by atoms with van der Waals surface area (Å²) < 4.78 is 24.9. The Labute approximate surface area is 89.9 Å². The molecule has 1 aromatic rings. The van der Waals surface area contributed by atoms with Crippen LogP contribution in [0.25, 0.3) is 0 Å². The van der Waals surface area contributed by atoms with Crippen molar-refractivity contribution in [2.24, 2.45) is 5.73 Å². The smallest absolute Gasteiger partial charge is 0.257 e. The van der Waals surface area contributed by atoms with Gasteiger partial charge in [0.15, 0.2) is 0 Å². The molecule has 13 heavy (non-hydrogen) atoms. The summed E-state index contributed by atoms with van der Waals surface area (Å²) in [6, 6.07) is 5.51. The number of hydrogen-bond donors (Lipinski definition) is 1. The highest BCUT2D eigenvalue weighted by molar-refractivity contribution is 9.10. The highest BCUT2D eigenvalue weighted by Gasteiger charge is 2.18. The fourth-order valence-electron chi connectivity index (χ4n) is 0.881. The second kappa shape index (κ2) is 5.52. The minimum atomic E-state index is -2.52. The van der Waals surface area contributed by atoms with Crippen LogP contribution in [-0.4, -0.2) is 6.43 Å². The molecule has 74 valence electrons. The van der Waals surface area contributed by atoms with Gasteiger partial charge in [0.25, 0.3) is 6.43 Å². The minimum absolute atomic E-state index is 0. The van der Waals surface area contributed by atoms with Gasteiger partial charge in [-0.3, -0.25) is 0 Å². The highest BCUT2D eigenvalue weighted by Crippen LogP contribution is 2.25. The topological polar surface area (TPSA) is 26.0 Å². The van der Waals surface area contributed by atoms with E-state index >= 15 is 0 Å². The summed E-state index contributed by atoms with van der Waals surface area (Å²) in [5, 5.41) is 0. The van der Waals surface area contributed by atoms with Crippen LogP contribution in [-0.2, 0) is 0 Å². The van der Waals surface area contributed by atoms with Gasteiger partial charge in [0.1, 0.15) is 0 Å². The van der Waals surface area contributed by atoms with Crippen LogP contribution in [0.5, 0.6) is 0 Å². The molecule has 0 saturated heterocycles. The Balaban J connectivity index is 0.00000144. The molecule has 0 unspecified atom stereocenters. The first-order chi connectivity index (χ1) is 5.63. The average Bonchev–Trinajstić information content (AvgIpc) is 2.04. The number of hydrogen-bond acceptors (Lipinski definition) is 1. The standard InChI is InChI=1S/C8H8BrF2N.ClH/c9-6-4-2-1-3-5(6)7(12)8(10)11;/h1-4,7-8H,12H2;1H/t7-;/m0./s1. The van der Waals surface area contributed by atoms with Crippen molar-refractivity contribution >= 4 is 28.3 Å². The summed E-state index contributed by atoms with van der Waals surface area (Å²) in [5.41, 5.74) is 5.70. The normalized spacial score (nSPS) is 12.4. The molecule has 0 amide bonds. The molecule has 0 fully saturated rings. The number of rotatable bonds is 2. The largest absolute Gasteiger partial charge is 0.319 e. The van der Waals surface area contributed by atoms with Crippen LogP contribution in [0.4, 0.5) is 8.78 Å². The zero-order valence-electron chi connectivity index (χ0n) is 6.58. The predicted octanol–water partition coefficient (Wildman–Crippen LogP) is 3.14. The Morgan fingerprint density at radius 1 is 1.23 bits per heavy atom. The molecule has 1 atom stereocenters. The lowest BCUT2D eigenvalue weighted by molar-refractivity contribution is 0.116. The van der Waals surface area contributed by atoms with Gasteiger partial charge < -0.3 is 5.73 Å².